The first-order chi connectivity index (χ1) is 6.29. The summed E-state index contributed by atoms with van der Waals surface area (Å²) in [7, 11) is 1.83. The van der Waals surface area contributed by atoms with Crippen LogP contribution in [0.1, 0.15) is 18.4 Å². The molecule has 0 fully saturated rings. The Bertz CT molecular complexity index is 333. The van der Waals surface area contributed by atoms with E-state index in [1.54, 1.807) is 4.90 Å². The molecule has 1 amide bonds. The van der Waals surface area contributed by atoms with Gasteiger partial charge in [0.15, 0.2) is 0 Å². The number of benzene rings is 1. The monoisotopic (exact) mass is 174 g/mol. The lowest BCUT2D eigenvalue weighted by atomic mass is 10.1. The van der Waals surface area contributed by atoms with Crippen LogP contribution in [0, 0.1) is 6.07 Å². The summed E-state index contributed by atoms with van der Waals surface area (Å²) >= 11 is 0. The number of hydrogen-bond acceptors (Lipinski definition) is 1. The topological polar surface area (TPSA) is 20.3 Å². The number of nitrogens with zero attached hydrogens (tertiary/aromatic N) is 1. The number of carbonyl (C=O) groups excluding carboxylic acids is 1. The molecule has 2 rings (SSSR count). The van der Waals surface area contributed by atoms with E-state index < -0.39 is 0 Å². The van der Waals surface area contributed by atoms with E-state index in [4.69, 9.17) is 0 Å². The van der Waals surface area contributed by atoms with E-state index in [9.17, 15) is 4.79 Å². The summed E-state index contributed by atoms with van der Waals surface area (Å²) < 4.78 is 0. The van der Waals surface area contributed by atoms with Crippen LogP contribution in [0.4, 0.5) is 5.69 Å². The van der Waals surface area contributed by atoms with Gasteiger partial charge in [-0.25, -0.2) is 0 Å². The highest BCUT2D eigenvalue weighted by atomic mass is 16.2. The zero-order valence-corrected chi connectivity index (χ0v) is 7.71. The van der Waals surface area contributed by atoms with Crippen LogP contribution in [-0.4, -0.2) is 13.0 Å². The maximum atomic E-state index is 11.5. The highest BCUT2D eigenvalue weighted by Gasteiger charge is 2.17. The Hall–Kier alpha value is -1.31. The van der Waals surface area contributed by atoms with Crippen LogP contribution in [0.25, 0.3) is 0 Å². The fourth-order valence-corrected chi connectivity index (χ4v) is 1.71. The van der Waals surface area contributed by atoms with Crippen LogP contribution >= 0.6 is 0 Å². The zero-order valence-electron chi connectivity index (χ0n) is 7.71. The van der Waals surface area contributed by atoms with Crippen molar-refractivity contribution in [2.75, 3.05) is 11.9 Å². The van der Waals surface area contributed by atoms with E-state index in [1.165, 1.54) is 5.56 Å². The van der Waals surface area contributed by atoms with E-state index in [0.29, 0.717) is 6.42 Å². The molecule has 0 saturated carbocycles. The van der Waals surface area contributed by atoms with E-state index >= 15 is 0 Å². The number of aryl methyl sites for hydroxylation is 1. The second-order valence-electron chi connectivity index (χ2n) is 3.36. The third-order valence-corrected chi connectivity index (χ3v) is 2.50. The molecule has 1 aromatic carbocycles. The Balaban J connectivity index is 2.46. The van der Waals surface area contributed by atoms with E-state index in [2.05, 4.69) is 6.07 Å². The predicted molar refractivity (Wildman–Crippen MR) is 51.6 cm³/mol. The molecule has 13 heavy (non-hydrogen) atoms. The molecular formula is C11H12NO. The standard InChI is InChI=1S/C11H12NO/c1-12-10-7-3-2-5-9(10)6-4-8-11(12)13/h2,5,7H,4,6,8H2,1H3. The van der Waals surface area contributed by atoms with Gasteiger partial charge in [0.05, 0.1) is 0 Å². The van der Waals surface area contributed by atoms with Gasteiger partial charge in [0.25, 0.3) is 0 Å². The molecule has 2 nitrogen and oxygen atoms in total. The van der Waals surface area contributed by atoms with Gasteiger partial charge in [-0.2, -0.15) is 0 Å². The maximum absolute atomic E-state index is 11.5. The largest absolute Gasteiger partial charge is 0.315 e. The molecule has 0 bridgehead atoms. The van der Waals surface area contributed by atoms with Crippen LogP contribution in [0.5, 0.6) is 0 Å². The van der Waals surface area contributed by atoms with Crippen molar-refractivity contribution in [1.29, 1.82) is 0 Å². The molecule has 1 radical (unpaired) electrons. The molecule has 1 aromatic rings. The third kappa shape index (κ3) is 1.44. The second-order valence-corrected chi connectivity index (χ2v) is 3.36. The smallest absolute Gasteiger partial charge is 0.226 e. The minimum absolute atomic E-state index is 0.207. The summed E-state index contributed by atoms with van der Waals surface area (Å²) in [6.45, 7) is 0. The van der Waals surface area contributed by atoms with Gasteiger partial charge in [0, 0.05) is 19.2 Å². The quantitative estimate of drug-likeness (QED) is 0.587. The van der Waals surface area contributed by atoms with Crippen molar-refractivity contribution in [2.24, 2.45) is 0 Å². The predicted octanol–water partition coefficient (Wildman–Crippen LogP) is 1.79. The van der Waals surface area contributed by atoms with Crippen molar-refractivity contribution in [3.63, 3.8) is 0 Å². The Kier molecular flexibility index (Phi) is 2.05. The van der Waals surface area contributed by atoms with Crippen LogP contribution in [0.15, 0.2) is 18.2 Å². The third-order valence-electron chi connectivity index (χ3n) is 2.50. The van der Waals surface area contributed by atoms with Crippen molar-refractivity contribution < 1.29 is 4.79 Å². The van der Waals surface area contributed by atoms with Crippen LogP contribution < -0.4 is 4.90 Å². The first-order valence-electron chi connectivity index (χ1n) is 4.54. The number of carbonyl (C=O) groups is 1. The molecule has 0 aliphatic carbocycles. The van der Waals surface area contributed by atoms with Gasteiger partial charge in [0.2, 0.25) is 5.91 Å². The molecule has 0 saturated heterocycles. The first-order valence-corrected chi connectivity index (χ1v) is 4.54. The zero-order chi connectivity index (χ0) is 9.26. The summed E-state index contributed by atoms with van der Waals surface area (Å²) in [6.07, 6.45) is 2.62. The molecule has 0 N–H and O–H groups in total. The Morgan fingerprint density at radius 1 is 1.46 bits per heavy atom. The van der Waals surface area contributed by atoms with Crippen molar-refractivity contribution >= 4 is 11.6 Å². The molecule has 1 aliphatic rings. The van der Waals surface area contributed by atoms with Gasteiger partial charge in [-0.1, -0.05) is 12.1 Å². The van der Waals surface area contributed by atoms with Crippen LogP contribution in [-0.2, 0) is 11.2 Å². The van der Waals surface area contributed by atoms with Gasteiger partial charge in [0.1, 0.15) is 0 Å². The molecular weight excluding hydrogens is 162 g/mol. The van der Waals surface area contributed by atoms with E-state index in [1.807, 2.05) is 25.2 Å². The minimum atomic E-state index is 0.207. The minimum Gasteiger partial charge on any atom is -0.315 e. The summed E-state index contributed by atoms with van der Waals surface area (Å²) in [5, 5.41) is 0. The van der Waals surface area contributed by atoms with Crippen molar-refractivity contribution in [2.45, 2.75) is 19.3 Å². The Morgan fingerprint density at radius 2 is 2.31 bits per heavy atom. The summed E-state index contributed by atoms with van der Waals surface area (Å²) in [5.41, 5.74) is 2.28. The lowest BCUT2D eigenvalue weighted by Crippen LogP contribution is -2.24. The maximum Gasteiger partial charge on any atom is 0.226 e. The lowest BCUT2D eigenvalue weighted by Gasteiger charge is -2.16. The summed E-state index contributed by atoms with van der Waals surface area (Å²) in [5.74, 6) is 0.207. The van der Waals surface area contributed by atoms with Gasteiger partial charge >= 0.3 is 0 Å². The summed E-state index contributed by atoms with van der Waals surface area (Å²) in [6, 6.07) is 8.84. The Labute approximate surface area is 78.2 Å². The molecule has 0 spiro atoms. The number of rotatable bonds is 0. The molecule has 1 aliphatic heterocycles. The average Bonchev–Trinajstić information content (AvgIpc) is 2.29. The summed E-state index contributed by atoms with van der Waals surface area (Å²) in [4.78, 5) is 13.2. The van der Waals surface area contributed by atoms with Gasteiger partial charge in [-0.3, -0.25) is 4.79 Å². The van der Waals surface area contributed by atoms with Crippen LogP contribution in [0.2, 0.25) is 0 Å². The Morgan fingerprint density at radius 3 is 3.15 bits per heavy atom. The van der Waals surface area contributed by atoms with Crippen LogP contribution in [0.3, 0.4) is 0 Å². The molecule has 1 heterocycles. The first kappa shape index (κ1) is 8.30. The van der Waals surface area contributed by atoms with Crippen molar-refractivity contribution in [3.8, 4) is 0 Å². The van der Waals surface area contributed by atoms with Gasteiger partial charge < -0.3 is 4.90 Å². The molecule has 0 unspecified atom stereocenters. The van der Waals surface area contributed by atoms with E-state index in [0.717, 1.165) is 18.5 Å². The highest BCUT2D eigenvalue weighted by Crippen LogP contribution is 2.24. The second kappa shape index (κ2) is 3.21. The number of hydrogen-bond donors (Lipinski definition) is 0. The fraction of sp³-hybridized carbons (Fsp3) is 0.364. The molecule has 0 aromatic heterocycles. The van der Waals surface area contributed by atoms with E-state index in [-0.39, 0.29) is 5.91 Å². The number of anilines is 1. The number of fused-ring (bicyclic) bond motifs is 1. The van der Waals surface area contributed by atoms with Gasteiger partial charge in [-0.05, 0) is 30.5 Å². The van der Waals surface area contributed by atoms with Crippen molar-refractivity contribution in [1.82, 2.24) is 0 Å². The fourth-order valence-electron chi connectivity index (χ4n) is 1.71. The average molecular weight is 174 g/mol. The normalized spacial score (nSPS) is 16.7. The molecule has 0 atom stereocenters. The van der Waals surface area contributed by atoms with Gasteiger partial charge in [-0.15, -0.1) is 0 Å². The SMILES string of the molecule is CN1C(=O)CCCc2cc[c]cc21. The molecule has 67 valence electrons. The number of amides is 1. The highest BCUT2D eigenvalue weighted by molar-refractivity contribution is 5.94. The lowest BCUT2D eigenvalue weighted by molar-refractivity contribution is -0.118. The molecule has 2 heteroatoms. The van der Waals surface area contributed by atoms with Crippen molar-refractivity contribution in [3.05, 3.63) is 29.8 Å².